The van der Waals surface area contributed by atoms with Crippen LogP contribution in [-0.2, 0) is 4.74 Å². The number of morpholine rings is 1. The Morgan fingerprint density at radius 1 is 1.10 bits per heavy atom. The summed E-state index contributed by atoms with van der Waals surface area (Å²) in [7, 11) is 0. The molecular formula is C23H26N6O. The SMILES string of the molecule is CC1C=CN(CC(c2cccnc2)N2CCOCC2)c2c1ccn2-c1ncccn1. The van der Waals surface area contributed by atoms with Gasteiger partial charge < -0.3 is 9.64 Å². The van der Waals surface area contributed by atoms with Crippen molar-refractivity contribution in [3.05, 3.63) is 78.7 Å². The number of fused-ring (bicyclic) bond motifs is 1. The van der Waals surface area contributed by atoms with E-state index in [4.69, 9.17) is 4.74 Å². The third-order valence-corrected chi connectivity index (χ3v) is 5.90. The molecule has 0 bridgehead atoms. The van der Waals surface area contributed by atoms with E-state index in [1.165, 1.54) is 11.1 Å². The molecule has 0 aliphatic carbocycles. The number of hydrogen-bond donors (Lipinski definition) is 0. The minimum Gasteiger partial charge on any atom is -0.379 e. The van der Waals surface area contributed by atoms with Gasteiger partial charge in [0.15, 0.2) is 0 Å². The summed E-state index contributed by atoms with van der Waals surface area (Å²) in [6, 6.07) is 8.43. The van der Waals surface area contributed by atoms with Gasteiger partial charge in [-0.05, 0) is 23.8 Å². The van der Waals surface area contributed by atoms with E-state index < -0.39 is 0 Å². The third kappa shape index (κ3) is 3.62. The van der Waals surface area contributed by atoms with Crippen molar-refractivity contribution >= 4 is 5.82 Å². The van der Waals surface area contributed by atoms with Gasteiger partial charge in [-0.1, -0.05) is 19.1 Å². The first-order chi connectivity index (χ1) is 14.8. The van der Waals surface area contributed by atoms with Crippen LogP contribution in [0.25, 0.3) is 5.95 Å². The molecule has 7 nitrogen and oxygen atoms in total. The smallest absolute Gasteiger partial charge is 0.235 e. The third-order valence-electron chi connectivity index (χ3n) is 5.90. The minimum absolute atomic E-state index is 0.216. The Labute approximate surface area is 176 Å². The number of nitrogens with zero attached hydrogens (tertiary/aromatic N) is 6. The molecule has 0 aromatic carbocycles. The molecule has 2 aliphatic rings. The van der Waals surface area contributed by atoms with Crippen LogP contribution in [0.2, 0.25) is 0 Å². The molecule has 0 radical (unpaired) electrons. The van der Waals surface area contributed by atoms with E-state index in [-0.39, 0.29) is 6.04 Å². The van der Waals surface area contributed by atoms with Crippen LogP contribution in [0.4, 0.5) is 5.82 Å². The first-order valence-corrected chi connectivity index (χ1v) is 10.5. The van der Waals surface area contributed by atoms with Crippen LogP contribution in [0.3, 0.4) is 0 Å². The fourth-order valence-electron chi connectivity index (χ4n) is 4.31. The predicted octanol–water partition coefficient (Wildman–Crippen LogP) is 3.17. The van der Waals surface area contributed by atoms with Crippen molar-refractivity contribution in [1.29, 1.82) is 0 Å². The van der Waals surface area contributed by atoms with Gasteiger partial charge in [-0.2, -0.15) is 0 Å². The number of hydrogen-bond acceptors (Lipinski definition) is 6. The average molecular weight is 403 g/mol. The van der Waals surface area contributed by atoms with Crippen LogP contribution in [0.5, 0.6) is 0 Å². The summed E-state index contributed by atoms with van der Waals surface area (Å²) < 4.78 is 7.70. The molecule has 30 heavy (non-hydrogen) atoms. The molecule has 0 saturated carbocycles. The molecule has 0 spiro atoms. The van der Waals surface area contributed by atoms with Gasteiger partial charge in [0.2, 0.25) is 5.95 Å². The van der Waals surface area contributed by atoms with Gasteiger partial charge in [-0.15, -0.1) is 0 Å². The molecule has 0 N–H and O–H groups in total. The Morgan fingerprint density at radius 3 is 2.70 bits per heavy atom. The van der Waals surface area contributed by atoms with Crippen molar-refractivity contribution in [2.75, 3.05) is 37.7 Å². The maximum absolute atomic E-state index is 5.61. The number of ether oxygens (including phenoxy) is 1. The summed E-state index contributed by atoms with van der Waals surface area (Å²) in [6.45, 7) is 6.42. The van der Waals surface area contributed by atoms with Gasteiger partial charge in [-0.25, -0.2) is 9.97 Å². The maximum atomic E-state index is 5.61. The van der Waals surface area contributed by atoms with E-state index in [2.05, 4.69) is 66.8 Å². The zero-order valence-electron chi connectivity index (χ0n) is 17.1. The summed E-state index contributed by atoms with van der Waals surface area (Å²) in [6.07, 6.45) is 13.9. The summed E-state index contributed by atoms with van der Waals surface area (Å²) in [5.41, 5.74) is 2.51. The first-order valence-electron chi connectivity index (χ1n) is 10.5. The lowest BCUT2D eigenvalue weighted by Crippen LogP contribution is -2.43. The fraction of sp³-hybridized carbons (Fsp3) is 0.348. The Morgan fingerprint density at radius 2 is 1.93 bits per heavy atom. The molecular weight excluding hydrogens is 376 g/mol. The van der Waals surface area contributed by atoms with Crippen LogP contribution >= 0.6 is 0 Å². The quantitative estimate of drug-likeness (QED) is 0.653. The molecule has 3 aromatic rings. The number of allylic oxidation sites excluding steroid dienone is 1. The molecule has 5 heterocycles. The highest BCUT2D eigenvalue weighted by atomic mass is 16.5. The molecule has 2 unspecified atom stereocenters. The molecule has 5 rings (SSSR count). The first kappa shape index (κ1) is 19.0. The lowest BCUT2D eigenvalue weighted by atomic mass is 9.99. The Kier molecular flexibility index (Phi) is 5.29. The Balaban J connectivity index is 1.52. The molecule has 2 atom stereocenters. The van der Waals surface area contributed by atoms with Crippen molar-refractivity contribution in [3.8, 4) is 5.95 Å². The van der Waals surface area contributed by atoms with Crippen LogP contribution in [0.15, 0.2) is 67.5 Å². The predicted molar refractivity (Wildman–Crippen MR) is 116 cm³/mol. The van der Waals surface area contributed by atoms with E-state index in [0.717, 1.165) is 38.7 Å². The van der Waals surface area contributed by atoms with Crippen LogP contribution < -0.4 is 4.90 Å². The monoisotopic (exact) mass is 402 g/mol. The largest absolute Gasteiger partial charge is 0.379 e. The highest BCUT2D eigenvalue weighted by Crippen LogP contribution is 2.37. The van der Waals surface area contributed by atoms with Gasteiger partial charge in [0.25, 0.3) is 0 Å². The lowest BCUT2D eigenvalue weighted by Gasteiger charge is -2.38. The zero-order valence-corrected chi connectivity index (χ0v) is 17.1. The molecule has 3 aromatic heterocycles. The van der Waals surface area contributed by atoms with Gasteiger partial charge in [0, 0.05) is 68.3 Å². The van der Waals surface area contributed by atoms with E-state index >= 15 is 0 Å². The van der Waals surface area contributed by atoms with Crippen molar-refractivity contribution in [2.24, 2.45) is 0 Å². The van der Waals surface area contributed by atoms with E-state index in [9.17, 15) is 0 Å². The normalized spacial score (nSPS) is 20.2. The second-order valence-corrected chi connectivity index (χ2v) is 7.75. The van der Waals surface area contributed by atoms with Crippen molar-refractivity contribution in [2.45, 2.75) is 18.9 Å². The van der Waals surface area contributed by atoms with Crippen molar-refractivity contribution in [3.63, 3.8) is 0 Å². The molecule has 1 fully saturated rings. The fourth-order valence-corrected chi connectivity index (χ4v) is 4.31. The van der Waals surface area contributed by atoms with Crippen LogP contribution in [-0.4, -0.2) is 57.3 Å². The Hall–Kier alpha value is -3.03. The number of pyridine rings is 1. The van der Waals surface area contributed by atoms with Gasteiger partial charge in [-0.3, -0.25) is 14.5 Å². The molecule has 7 heteroatoms. The van der Waals surface area contributed by atoms with Crippen molar-refractivity contribution in [1.82, 2.24) is 24.4 Å². The minimum atomic E-state index is 0.216. The zero-order chi connectivity index (χ0) is 20.3. The topological polar surface area (TPSA) is 59.3 Å². The van der Waals surface area contributed by atoms with Crippen LogP contribution in [0, 0.1) is 0 Å². The summed E-state index contributed by atoms with van der Waals surface area (Å²) in [5, 5.41) is 0. The van der Waals surface area contributed by atoms with E-state index in [1.54, 1.807) is 12.4 Å². The number of rotatable bonds is 5. The van der Waals surface area contributed by atoms with Gasteiger partial charge >= 0.3 is 0 Å². The average Bonchev–Trinajstić information content (AvgIpc) is 3.27. The van der Waals surface area contributed by atoms with Gasteiger partial charge in [0.05, 0.1) is 19.3 Å². The number of anilines is 1. The van der Waals surface area contributed by atoms with Gasteiger partial charge in [0.1, 0.15) is 5.82 Å². The maximum Gasteiger partial charge on any atom is 0.235 e. The summed E-state index contributed by atoms with van der Waals surface area (Å²) >= 11 is 0. The molecule has 0 amide bonds. The lowest BCUT2D eigenvalue weighted by molar-refractivity contribution is 0.0177. The Bertz CT molecular complexity index is 997. The van der Waals surface area contributed by atoms with E-state index in [0.29, 0.717) is 11.9 Å². The summed E-state index contributed by atoms with van der Waals surface area (Å²) in [4.78, 5) is 18.2. The van der Waals surface area contributed by atoms with Crippen LogP contribution in [0.1, 0.15) is 30.0 Å². The highest BCUT2D eigenvalue weighted by molar-refractivity contribution is 5.60. The highest BCUT2D eigenvalue weighted by Gasteiger charge is 2.29. The second kappa shape index (κ2) is 8.38. The number of aromatic nitrogens is 4. The summed E-state index contributed by atoms with van der Waals surface area (Å²) in [5.74, 6) is 2.18. The second-order valence-electron chi connectivity index (χ2n) is 7.75. The molecule has 2 aliphatic heterocycles. The molecule has 154 valence electrons. The molecule has 1 saturated heterocycles. The van der Waals surface area contributed by atoms with E-state index in [1.807, 2.05) is 24.5 Å². The van der Waals surface area contributed by atoms with Crippen molar-refractivity contribution < 1.29 is 4.74 Å². The standard InChI is InChI=1S/C23H26N6O/c1-18-5-10-28(22-20(18)6-11-29(22)23-25-8-3-9-26-23)17-21(19-4-2-7-24-16-19)27-12-14-30-15-13-27/h2-11,16,18,21H,12-15,17H2,1H3.